The largest absolute Gasteiger partial charge is 0.299 e. The van der Waals surface area contributed by atoms with Gasteiger partial charge in [-0.25, -0.2) is 18.9 Å². The number of hydrogen-bond donors (Lipinski definition) is 2. The van der Waals surface area contributed by atoms with Crippen LogP contribution in [-0.4, -0.2) is 40.1 Å². The number of aryl methyl sites for hydroxylation is 2. The third-order valence-electron chi connectivity index (χ3n) is 5.88. The lowest BCUT2D eigenvalue weighted by atomic mass is 10.0. The maximum Gasteiger partial charge on any atom is 0.264 e. The molecule has 0 fully saturated rings. The molecule has 1 atom stereocenters. The summed E-state index contributed by atoms with van der Waals surface area (Å²) in [7, 11) is -3.85. The summed E-state index contributed by atoms with van der Waals surface area (Å²) in [5, 5.41) is 9.34. The number of carbonyl (C=O) groups excluding carboxylic acids is 1. The highest BCUT2D eigenvalue weighted by Gasteiger charge is 2.43. The smallest absolute Gasteiger partial charge is 0.264 e. The Morgan fingerprint density at radius 2 is 1.81 bits per heavy atom. The van der Waals surface area contributed by atoms with Crippen molar-refractivity contribution in [2.45, 2.75) is 44.4 Å². The van der Waals surface area contributed by atoms with Crippen LogP contribution in [0.3, 0.4) is 0 Å². The molecule has 0 saturated heterocycles. The van der Waals surface area contributed by atoms with E-state index in [1.807, 2.05) is 24.3 Å². The van der Waals surface area contributed by atoms with Gasteiger partial charge in [-0.1, -0.05) is 43.7 Å². The van der Waals surface area contributed by atoms with Crippen molar-refractivity contribution in [1.82, 2.24) is 15.0 Å². The minimum absolute atomic E-state index is 0.0561. The molecule has 0 spiro atoms. The molecule has 0 radical (unpaired) electrons. The van der Waals surface area contributed by atoms with Gasteiger partial charge < -0.3 is 0 Å². The van der Waals surface area contributed by atoms with Crippen molar-refractivity contribution in [3.63, 3.8) is 0 Å². The zero-order valence-corrected chi connectivity index (χ0v) is 19.1. The van der Waals surface area contributed by atoms with Crippen molar-refractivity contribution in [3.05, 3.63) is 64.7 Å². The summed E-state index contributed by atoms with van der Waals surface area (Å²) in [6, 6.07) is 13.7. The van der Waals surface area contributed by atoms with E-state index in [0.717, 1.165) is 30.2 Å². The van der Waals surface area contributed by atoms with Crippen LogP contribution in [0.15, 0.2) is 53.6 Å². The summed E-state index contributed by atoms with van der Waals surface area (Å²) in [4.78, 5) is 29.3. The Bertz CT molecular complexity index is 1300. The Hall–Kier alpha value is -3.04. The Kier molecular flexibility index (Phi) is 6.80. The Balaban J connectivity index is 1.90. The zero-order chi connectivity index (χ0) is 23.5. The van der Waals surface area contributed by atoms with Crippen LogP contribution >= 0.6 is 0 Å². The molecule has 0 aliphatic heterocycles. The molecule has 0 aliphatic carbocycles. The van der Waals surface area contributed by atoms with Crippen molar-refractivity contribution >= 4 is 26.6 Å². The maximum atomic E-state index is 12.9. The molecule has 32 heavy (non-hydrogen) atoms. The number of carbonyl (C=O) groups is 1. The van der Waals surface area contributed by atoms with E-state index in [4.69, 9.17) is 5.21 Å². The molecular weight excluding hydrogens is 430 g/mol. The van der Waals surface area contributed by atoms with Crippen LogP contribution in [0.1, 0.15) is 32.3 Å². The van der Waals surface area contributed by atoms with Crippen LogP contribution in [0.2, 0.25) is 0 Å². The topological polar surface area (TPSA) is 118 Å². The Morgan fingerprint density at radius 3 is 2.41 bits per heavy atom. The van der Waals surface area contributed by atoms with Crippen LogP contribution < -0.4 is 11.0 Å². The van der Waals surface area contributed by atoms with E-state index in [2.05, 4.69) is 24.0 Å². The molecule has 8 nitrogen and oxygen atoms in total. The molecule has 2 aromatic carbocycles. The number of aromatic nitrogens is 2. The third kappa shape index (κ3) is 4.58. The molecular formula is C23H27N3O5S. The lowest BCUT2D eigenvalue weighted by Crippen LogP contribution is -2.50. The van der Waals surface area contributed by atoms with Crippen molar-refractivity contribution in [2.24, 2.45) is 0 Å². The maximum absolute atomic E-state index is 12.9. The van der Waals surface area contributed by atoms with Gasteiger partial charge in [0.25, 0.3) is 11.5 Å². The average molecular weight is 458 g/mol. The molecule has 0 unspecified atom stereocenters. The van der Waals surface area contributed by atoms with E-state index in [0.29, 0.717) is 10.9 Å². The number of benzene rings is 2. The van der Waals surface area contributed by atoms with Crippen molar-refractivity contribution in [2.75, 3.05) is 6.26 Å². The molecule has 0 aliphatic rings. The van der Waals surface area contributed by atoms with Gasteiger partial charge in [-0.05, 0) is 48.6 Å². The molecule has 1 heterocycles. The highest BCUT2D eigenvalue weighted by molar-refractivity contribution is 7.92. The number of rotatable bonds is 8. The number of nitrogens with one attached hydrogen (secondary N) is 1. The lowest BCUT2D eigenvalue weighted by molar-refractivity contribution is -0.131. The molecule has 3 rings (SSSR count). The monoisotopic (exact) mass is 457 g/mol. The van der Waals surface area contributed by atoms with E-state index < -0.39 is 20.5 Å². The number of hydroxylamine groups is 1. The van der Waals surface area contributed by atoms with E-state index in [1.54, 1.807) is 6.07 Å². The van der Waals surface area contributed by atoms with Crippen LogP contribution in [0.4, 0.5) is 0 Å². The third-order valence-corrected chi connectivity index (χ3v) is 7.91. The highest BCUT2D eigenvalue weighted by Crippen LogP contribution is 2.24. The molecule has 0 bridgehead atoms. The van der Waals surface area contributed by atoms with Crippen LogP contribution in [0, 0.1) is 0 Å². The van der Waals surface area contributed by atoms with Gasteiger partial charge in [-0.2, -0.15) is 0 Å². The lowest BCUT2D eigenvalue weighted by Gasteiger charge is -2.25. The summed E-state index contributed by atoms with van der Waals surface area (Å²) in [5.74, 6) is -1.05. The number of sulfone groups is 1. The molecule has 2 N–H and O–H groups in total. The molecule has 1 aromatic heterocycles. The fourth-order valence-corrected chi connectivity index (χ4v) is 4.41. The number of fused-ring (bicyclic) bond motifs is 1. The van der Waals surface area contributed by atoms with Crippen molar-refractivity contribution < 1.29 is 18.4 Å². The number of nitrogens with zero attached hydrogens (tertiary/aromatic N) is 2. The van der Waals surface area contributed by atoms with Gasteiger partial charge in [0.15, 0.2) is 14.6 Å². The normalized spacial score (nSPS) is 13.6. The predicted molar refractivity (Wildman–Crippen MR) is 123 cm³/mol. The average Bonchev–Trinajstić information content (AvgIpc) is 2.77. The summed E-state index contributed by atoms with van der Waals surface area (Å²) < 4.78 is 23.6. The first-order valence-corrected chi connectivity index (χ1v) is 12.2. The first kappa shape index (κ1) is 23.6. The van der Waals surface area contributed by atoms with E-state index in [1.165, 1.54) is 28.9 Å². The minimum Gasteiger partial charge on any atom is -0.299 e. The van der Waals surface area contributed by atoms with Gasteiger partial charge in [0.05, 0.1) is 17.2 Å². The van der Waals surface area contributed by atoms with Gasteiger partial charge in [-0.3, -0.25) is 19.4 Å². The summed E-state index contributed by atoms with van der Waals surface area (Å²) in [5.41, 5.74) is 4.83. The second kappa shape index (κ2) is 9.22. The minimum atomic E-state index is -3.85. The Morgan fingerprint density at radius 1 is 1.16 bits per heavy atom. The van der Waals surface area contributed by atoms with Gasteiger partial charge in [0.2, 0.25) is 0 Å². The second-order valence-corrected chi connectivity index (χ2v) is 10.6. The first-order valence-electron chi connectivity index (χ1n) is 10.3. The van der Waals surface area contributed by atoms with E-state index >= 15 is 0 Å². The zero-order valence-electron chi connectivity index (χ0n) is 18.3. The van der Waals surface area contributed by atoms with Crippen molar-refractivity contribution in [3.8, 4) is 11.1 Å². The fraction of sp³-hybridized carbons (Fsp3) is 0.348. The van der Waals surface area contributed by atoms with Crippen LogP contribution in [-0.2, 0) is 27.6 Å². The quantitative estimate of drug-likeness (QED) is 0.397. The molecule has 9 heteroatoms. The van der Waals surface area contributed by atoms with Gasteiger partial charge in [0.1, 0.15) is 0 Å². The summed E-state index contributed by atoms with van der Waals surface area (Å²) in [6.07, 6.45) is 4.17. The summed E-state index contributed by atoms with van der Waals surface area (Å²) >= 11 is 0. The SMILES string of the molecule is CCCc1ccc(-c2ccc3c(=O)n(CC[C@](C)(C(=O)NO)S(C)(=O)=O)cnc3c2)cc1. The second-order valence-electron chi connectivity index (χ2n) is 8.12. The van der Waals surface area contributed by atoms with Crippen LogP contribution in [0.5, 0.6) is 0 Å². The van der Waals surface area contributed by atoms with Gasteiger partial charge in [-0.15, -0.1) is 0 Å². The summed E-state index contributed by atoms with van der Waals surface area (Å²) in [6.45, 7) is 3.30. The van der Waals surface area contributed by atoms with Gasteiger partial charge in [0, 0.05) is 12.8 Å². The number of amides is 1. The molecule has 1 amide bonds. The fourth-order valence-electron chi connectivity index (χ4n) is 3.57. The highest BCUT2D eigenvalue weighted by atomic mass is 32.2. The molecule has 3 aromatic rings. The predicted octanol–water partition coefficient (Wildman–Crippen LogP) is 2.71. The molecule has 0 saturated carbocycles. The number of hydrogen-bond acceptors (Lipinski definition) is 6. The van der Waals surface area contributed by atoms with Gasteiger partial charge >= 0.3 is 0 Å². The van der Waals surface area contributed by atoms with E-state index in [9.17, 15) is 18.0 Å². The van der Waals surface area contributed by atoms with Crippen LogP contribution in [0.25, 0.3) is 22.0 Å². The first-order chi connectivity index (χ1) is 15.1. The Labute approximate surface area is 186 Å². The standard InChI is InChI=1S/C23H27N3O5S/c1-4-5-16-6-8-17(9-7-16)18-10-11-19-20(14-18)24-15-26(21(19)27)13-12-23(2,22(28)25-29)32(3,30)31/h6-11,14-15,29H,4-5,12-13H2,1-3H3,(H,25,28)/t23-/m1/s1. The van der Waals surface area contributed by atoms with E-state index in [-0.39, 0.29) is 18.5 Å². The van der Waals surface area contributed by atoms with Crippen molar-refractivity contribution in [1.29, 1.82) is 0 Å². The molecule has 170 valence electrons.